The first-order valence-corrected chi connectivity index (χ1v) is 5.34. The highest BCUT2D eigenvalue weighted by Crippen LogP contribution is 2.31. The summed E-state index contributed by atoms with van der Waals surface area (Å²) in [6, 6.07) is 4.99. The number of non-ortho nitro benzene ring substituents is 1. The molecule has 4 nitrogen and oxygen atoms in total. The summed E-state index contributed by atoms with van der Waals surface area (Å²) in [5, 5.41) is 10.7. The summed E-state index contributed by atoms with van der Waals surface area (Å²) in [5.41, 5.74) is 7.67. The van der Waals surface area contributed by atoms with Crippen LogP contribution in [0.5, 0.6) is 0 Å². The Morgan fingerprint density at radius 2 is 2.06 bits per heavy atom. The van der Waals surface area contributed by atoms with Crippen molar-refractivity contribution in [3.8, 4) is 0 Å². The average Bonchev–Trinajstić information content (AvgIpc) is 2.17. The van der Waals surface area contributed by atoms with Crippen LogP contribution in [-0.2, 0) is 5.41 Å². The highest BCUT2D eigenvalue weighted by atomic mass is 16.6. The zero-order chi connectivity index (χ0) is 12.3. The molecule has 16 heavy (non-hydrogen) atoms. The lowest BCUT2D eigenvalue weighted by Crippen LogP contribution is -2.22. The molecule has 4 heteroatoms. The summed E-state index contributed by atoms with van der Waals surface area (Å²) >= 11 is 0. The lowest BCUT2D eigenvalue weighted by Gasteiger charge is -2.26. The summed E-state index contributed by atoms with van der Waals surface area (Å²) in [7, 11) is 0. The molecule has 0 saturated heterocycles. The Morgan fingerprint density at radius 3 is 2.56 bits per heavy atom. The highest BCUT2D eigenvalue weighted by molar-refractivity contribution is 5.42. The molecule has 0 fully saturated rings. The third kappa shape index (κ3) is 2.58. The molecule has 88 valence electrons. The van der Waals surface area contributed by atoms with Crippen molar-refractivity contribution in [3.63, 3.8) is 0 Å². The summed E-state index contributed by atoms with van der Waals surface area (Å²) in [5.74, 6) is 0. The van der Waals surface area contributed by atoms with E-state index in [1.54, 1.807) is 12.1 Å². The molecule has 0 aromatic heterocycles. The number of hydrogen-bond acceptors (Lipinski definition) is 3. The minimum Gasteiger partial charge on any atom is -0.330 e. The number of nitrogens with zero attached hydrogens (tertiary/aromatic N) is 1. The van der Waals surface area contributed by atoms with Gasteiger partial charge in [0.15, 0.2) is 0 Å². The Labute approximate surface area is 95.6 Å². The maximum absolute atomic E-state index is 10.7. The predicted molar refractivity (Wildman–Crippen MR) is 64.5 cm³/mol. The van der Waals surface area contributed by atoms with E-state index in [9.17, 15) is 10.1 Å². The summed E-state index contributed by atoms with van der Waals surface area (Å²) in [4.78, 5) is 10.4. The Hall–Kier alpha value is -1.42. The molecule has 1 aromatic carbocycles. The quantitative estimate of drug-likeness (QED) is 0.628. The van der Waals surface area contributed by atoms with Crippen LogP contribution < -0.4 is 5.73 Å². The molecule has 0 amide bonds. The number of rotatable bonds is 4. The van der Waals surface area contributed by atoms with E-state index >= 15 is 0 Å². The Bertz CT molecular complexity index is 400. The molecule has 0 atom stereocenters. The first kappa shape index (κ1) is 12.6. The van der Waals surface area contributed by atoms with E-state index in [-0.39, 0.29) is 16.0 Å². The van der Waals surface area contributed by atoms with Gasteiger partial charge in [-0.15, -0.1) is 0 Å². The van der Waals surface area contributed by atoms with Crippen molar-refractivity contribution in [1.29, 1.82) is 0 Å². The number of aryl methyl sites for hydroxylation is 1. The van der Waals surface area contributed by atoms with Crippen molar-refractivity contribution in [2.45, 2.75) is 32.6 Å². The van der Waals surface area contributed by atoms with E-state index < -0.39 is 0 Å². The van der Waals surface area contributed by atoms with Crippen LogP contribution in [-0.4, -0.2) is 11.5 Å². The van der Waals surface area contributed by atoms with Crippen LogP contribution in [0.3, 0.4) is 0 Å². The minimum atomic E-state index is -0.360. The predicted octanol–water partition coefficient (Wildman–Crippen LogP) is 2.53. The van der Waals surface area contributed by atoms with Crippen molar-refractivity contribution in [2.75, 3.05) is 6.54 Å². The second-order valence-corrected chi connectivity index (χ2v) is 4.68. The molecular formula is C12H18N2O2. The van der Waals surface area contributed by atoms with E-state index in [4.69, 9.17) is 5.73 Å². The maximum atomic E-state index is 10.7. The fourth-order valence-corrected chi connectivity index (χ4v) is 1.95. The van der Waals surface area contributed by atoms with Gasteiger partial charge in [-0.05, 0) is 36.4 Å². The monoisotopic (exact) mass is 222 g/mol. The second-order valence-electron chi connectivity index (χ2n) is 4.68. The fraction of sp³-hybridized carbons (Fsp3) is 0.500. The largest absolute Gasteiger partial charge is 0.330 e. The van der Waals surface area contributed by atoms with Crippen LogP contribution in [0, 0.1) is 17.0 Å². The molecule has 0 spiro atoms. The zero-order valence-electron chi connectivity index (χ0n) is 9.99. The lowest BCUT2D eigenvalue weighted by molar-refractivity contribution is -0.385. The van der Waals surface area contributed by atoms with Crippen LogP contribution >= 0.6 is 0 Å². The van der Waals surface area contributed by atoms with Crippen LogP contribution in [0.25, 0.3) is 0 Å². The lowest BCUT2D eigenvalue weighted by atomic mass is 9.79. The molecular weight excluding hydrogens is 204 g/mol. The molecule has 0 aliphatic rings. The smallest absolute Gasteiger partial charge is 0.269 e. The van der Waals surface area contributed by atoms with Gasteiger partial charge in [0.1, 0.15) is 0 Å². The Balaban J connectivity index is 3.21. The van der Waals surface area contributed by atoms with Gasteiger partial charge >= 0.3 is 0 Å². The van der Waals surface area contributed by atoms with E-state index in [1.807, 2.05) is 6.92 Å². The van der Waals surface area contributed by atoms with Crippen LogP contribution in [0.1, 0.15) is 31.4 Å². The first-order valence-electron chi connectivity index (χ1n) is 5.34. The van der Waals surface area contributed by atoms with Gasteiger partial charge in [0, 0.05) is 12.1 Å². The van der Waals surface area contributed by atoms with Gasteiger partial charge in [-0.2, -0.15) is 0 Å². The number of hydrogen-bond donors (Lipinski definition) is 1. The minimum absolute atomic E-state index is 0.120. The fourth-order valence-electron chi connectivity index (χ4n) is 1.95. The Morgan fingerprint density at radius 1 is 1.44 bits per heavy atom. The number of benzene rings is 1. The normalized spacial score (nSPS) is 11.5. The number of nitrogens with two attached hydrogens (primary N) is 1. The molecule has 1 rings (SSSR count). The molecule has 0 saturated carbocycles. The van der Waals surface area contributed by atoms with Gasteiger partial charge in [0.25, 0.3) is 5.69 Å². The maximum Gasteiger partial charge on any atom is 0.269 e. The van der Waals surface area contributed by atoms with E-state index in [2.05, 4.69) is 13.8 Å². The summed E-state index contributed by atoms with van der Waals surface area (Å²) < 4.78 is 0. The third-order valence-corrected chi connectivity index (χ3v) is 2.93. The third-order valence-electron chi connectivity index (χ3n) is 2.93. The molecule has 2 N–H and O–H groups in total. The number of nitro benzene ring substituents is 1. The van der Waals surface area contributed by atoms with Crippen molar-refractivity contribution in [2.24, 2.45) is 5.73 Å². The standard InChI is InChI=1S/C12H18N2O2/c1-9-4-5-10(14(15)16)8-11(9)12(2,3)6-7-13/h4-5,8H,6-7,13H2,1-3H3. The van der Waals surface area contributed by atoms with Crippen molar-refractivity contribution >= 4 is 5.69 Å². The van der Waals surface area contributed by atoms with Crippen molar-refractivity contribution in [1.82, 2.24) is 0 Å². The van der Waals surface area contributed by atoms with Gasteiger partial charge in [0.2, 0.25) is 0 Å². The van der Waals surface area contributed by atoms with E-state index in [0.29, 0.717) is 6.54 Å². The molecule has 0 aliphatic heterocycles. The topological polar surface area (TPSA) is 69.2 Å². The number of nitro groups is 1. The van der Waals surface area contributed by atoms with Crippen LogP contribution in [0.4, 0.5) is 5.69 Å². The molecule has 0 bridgehead atoms. The Kier molecular flexibility index (Phi) is 3.65. The van der Waals surface area contributed by atoms with Crippen LogP contribution in [0.2, 0.25) is 0 Å². The first-order chi connectivity index (χ1) is 7.38. The van der Waals surface area contributed by atoms with Gasteiger partial charge in [-0.1, -0.05) is 19.9 Å². The van der Waals surface area contributed by atoms with Crippen molar-refractivity contribution < 1.29 is 4.92 Å². The van der Waals surface area contributed by atoms with E-state index in [1.165, 1.54) is 6.07 Å². The van der Waals surface area contributed by atoms with Gasteiger partial charge in [-0.3, -0.25) is 10.1 Å². The SMILES string of the molecule is Cc1ccc([N+](=O)[O-])cc1C(C)(C)CCN. The van der Waals surface area contributed by atoms with Gasteiger partial charge in [-0.25, -0.2) is 0 Å². The van der Waals surface area contributed by atoms with Crippen LogP contribution in [0.15, 0.2) is 18.2 Å². The molecule has 0 radical (unpaired) electrons. The second kappa shape index (κ2) is 4.61. The van der Waals surface area contributed by atoms with Gasteiger partial charge in [0.05, 0.1) is 4.92 Å². The molecule has 1 aromatic rings. The van der Waals surface area contributed by atoms with Crippen molar-refractivity contribution in [3.05, 3.63) is 39.4 Å². The average molecular weight is 222 g/mol. The van der Waals surface area contributed by atoms with E-state index in [0.717, 1.165) is 17.5 Å². The zero-order valence-corrected chi connectivity index (χ0v) is 9.99. The molecule has 0 unspecified atom stereocenters. The summed E-state index contributed by atoms with van der Waals surface area (Å²) in [6.07, 6.45) is 0.814. The summed E-state index contributed by atoms with van der Waals surface area (Å²) in [6.45, 7) is 6.67. The van der Waals surface area contributed by atoms with Gasteiger partial charge < -0.3 is 5.73 Å². The molecule has 0 aliphatic carbocycles. The molecule has 0 heterocycles. The highest BCUT2D eigenvalue weighted by Gasteiger charge is 2.23.